The normalized spacial score (nSPS) is 12.1. The van der Waals surface area contributed by atoms with Crippen molar-refractivity contribution in [2.45, 2.75) is 19.9 Å². The minimum atomic E-state index is -0.0598. The van der Waals surface area contributed by atoms with Crippen LogP contribution in [0.3, 0.4) is 0 Å². The van der Waals surface area contributed by atoms with Gasteiger partial charge in [-0.25, -0.2) is 0 Å². The molecule has 2 rings (SSSR count). The summed E-state index contributed by atoms with van der Waals surface area (Å²) in [5, 5.41) is 0.530. The first kappa shape index (κ1) is 14.7. The Morgan fingerprint density at radius 3 is 2.35 bits per heavy atom. The predicted octanol–water partition coefficient (Wildman–Crippen LogP) is 4.47. The van der Waals surface area contributed by atoms with Gasteiger partial charge in [0.15, 0.2) is 11.5 Å². The number of nitrogens with two attached hydrogens (primary N) is 1. The highest BCUT2D eigenvalue weighted by Crippen LogP contribution is 2.36. The number of aryl methyl sites for hydroxylation is 1. The zero-order chi connectivity index (χ0) is 14.7. The molecule has 0 unspecified atom stereocenters. The molecule has 0 amide bonds. The van der Waals surface area contributed by atoms with Gasteiger partial charge in [-0.1, -0.05) is 23.7 Å². The first-order valence-electron chi connectivity index (χ1n) is 6.39. The Kier molecular flexibility index (Phi) is 4.53. The number of benzene rings is 2. The summed E-state index contributed by atoms with van der Waals surface area (Å²) >= 11 is 6.23. The van der Waals surface area contributed by atoms with Gasteiger partial charge in [0, 0.05) is 6.04 Å². The van der Waals surface area contributed by atoms with Gasteiger partial charge in [0.2, 0.25) is 0 Å². The second kappa shape index (κ2) is 6.16. The van der Waals surface area contributed by atoms with E-state index in [1.165, 1.54) is 0 Å². The highest BCUT2D eigenvalue weighted by molar-refractivity contribution is 6.32. The van der Waals surface area contributed by atoms with Crippen molar-refractivity contribution in [2.24, 2.45) is 5.73 Å². The molecule has 0 heterocycles. The van der Waals surface area contributed by atoms with Crippen molar-refractivity contribution in [3.05, 3.63) is 52.5 Å². The van der Waals surface area contributed by atoms with E-state index in [4.69, 9.17) is 26.8 Å². The molecular weight excluding hydrogens is 274 g/mol. The van der Waals surface area contributed by atoms with E-state index in [2.05, 4.69) is 0 Å². The summed E-state index contributed by atoms with van der Waals surface area (Å²) < 4.78 is 11.1. The fourth-order valence-corrected chi connectivity index (χ4v) is 2.09. The number of hydrogen-bond donors (Lipinski definition) is 1. The molecule has 0 bridgehead atoms. The molecule has 2 aromatic carbocycles. The van der Waals surface area contributed by atoms with Crippen LogP contribution in [-0.4, -0.2) is 7.11 Å². The highest BCUT2D eigenvalue weighted by Gasteiger charge is 2.10. The van der Waals surface area contributed by atoms with Gasteiger partial charge in [0.25, 0.3) is 0 Å². The van der Waals surface area contributed by atoms with Crippen molar-refractivity contribution in [3.63, 3.8) is 0 Å². The lowest BCUT2D eigenvalue weighted by Gasteiger charge is -2.13. The molecule has 0 saturated heterocycles. The van der Waals surface area contributed by atoms with E-state index < -0.39 is 0 Å². The Morgan fingerprint density at radius 2 is 1.75 bits per heavy atom. The molecular formula is C16H18ClNO2. The standard InChI is InChI=1S/C16H18ClNO2/c1-10-4-6-15(16(8-10)19-3)20-14-7-5-12(11(2)18)9-13(14)17/h4-9,11H,18H2,1-3H3/t11-/m0/s1. The van der Waals surface area contributed by atoms with Crippen molar-refractivity contribution in [1.29, 1.82) is 0 Å². The molecule has 106 valence electrons. The number of halogens is 1. The van der Waals surface area contributed by atoms with E-state index in [-0.39, 0.29) is 6.04 Å². The molecule has 0 fully saturated rings. The van der Waals surface area contributed by atoms with Gasteiger partial charge in [-0.15, -0.1) is 0 Å². The van der Waals surface area contributed by atoms with E-state index in [1.807, 2.05) is 50.2 Å². The monoisotopic (exact) mass is 291 g/mol. The maximum atomic E-state index is 6.23. The molecule has 3 nitrogen and oxygen atoms in total. The molecule has 1 atom stereocenters. The van der Waals surface area contributed by atoms with Gasteiger partial charge in [0.1, 0.15) is 5.75 Å². The lowest BCUT2D eigenvalue weighted by Crippen LogP contribution is -2.04. The van der Waals surface area contributed by atoms with Crippen molar-refractivity contribution in [1.82, 2.24) is 0 Å². The molecule has 2 aromatic rings. The zero-order valence-corrected chi connectivity index (χ0v) is 12.6. The van der Waals surface area contributed by atoms with E-state index >= 15 is 0 Å². The summed E-state index contributed by atoms with van der Waals surface area (Å²) in [5.41, 5.74) is 7.90. The van der Waals surface area contributed by atoms with Crippen LogP contribution in [0.15, 0.2) is 36.4 Å². The quantitative estimate of drug-likeness (QED) is 0.904. The number of methoxy groups -OCH3 is 1. The molecule has 4 heteroatoms. The molecule has 0 spiro atoms. The predicted molar refractivity (Wildman–Crippen MR) is 81.9 cm³/mol. The summed E-state index contributed by atoms with van der Waals surface area (Å²) in [6, 6.07) is 11.2. The summed E-state index contributed by atoms with van der Waals surface area (Å²) in [6.45, 7) is 3.91. The lowest BCUT2D eigenvalue weighted by molar-refractivity contribution is 0.378. The first-order chi connectivity index (χ1) is 9.51. The van der Waals surface area contributed by atoms with Crippen molar-refractivity contribution in [2.75, 3.05) is 7.11 Å². The third-order valence-electron chi connectivity index (χ3n) is 3.02. The Bertz CT molecular complexity index is 611. The van der Waals surface area contributed by atoms with Gasteiger partial charge in [0.05, 0.1) is 12.1 Å². The van der Waals surface area contributed by atoms with Gasteiger partial charge >= 0.3 is 0 Å². The van der Waals surface area contributed by atoms with Gasteiger partial charge < -0.3 is 15.2 Å². The van der Waals surface area contributed by atoms with E-state index in [1.54, 1.807) is 7.11 Å². The van der Waals surface area contributed by atoms with Crippen LogP contribution in [0.25, 0.3) is 0 Å². The number of ether oxygens (including phenoxy) is 2. The summed E-state index contributed by atoms with van der Waals surface area (Å²) in [5.74, 6) is 1.89. The third-order valence-corrected chi connectivity index (χ3v) is 3.32. The van der Waals surface area contributed by atoms with Crippen LogP contribution >= 0.6 is 11.6 Å². The summed E-state index contributed by atoms with van der Waals surface area (Å²) in [6.07, 6.45) is 0. The third kappa shape index (κ3) is 3.24. The van der Waals surface area contributed by atoms with Crippen LogP contribution in [0.5, 0.6) is 17.2 Å². The van der Waals surface area contributed by atoms with E-state index in [9.17, 15) is 0 Å². The van der Waals surface area contributed by atoms with Crippen LogP contribution in [0.2, 0.25) is 5.02 Å². The van der Waals surface area contributed by atoms with Crippen LogP contribution in [-0.2, 0) is 0 Å². The molecule has 20 heavy (non-hydrogen) atoms. The first-order valence-corrected chi connectivity index (χ1v) is 6.76. The second-order valence-corrected chi connectivity index (χ2v) is 5.14. The van der Waals surface area contributed by atoms with Crippen molar-refractivity contribution in [3.8, 4) is 17.2 Å². The topological polar surface area (TPSA) is 44.5 Å². The minimum absolute atomic E-state index is 0.0598. The Morgan fingerprint density at radius 1 is 1.05 bits per heavy atom. The number of hydrogen-bond acceptors (Lipinski definition) is 3. The maximum Gasteiger partial charge on any atom is 0.169 e. The lowest BCUT2D eigenvalue weighted by atomic mass is 10.1. The summed E-state index contributed by atoms with van der Waals surface area (Å²) in [4.78, 5) is 0. The van der Waals surface area contributed by atoms with Crippen LogP contribution in [0, 0.1) is 6.92 Å². The maximum absolute atomic E-state index is 6.23. The largest absolute Gasteiger partial charge is 0.493 e. The van der Waals surface area contributed by atoms with Gasteiger partial charge in [-0.3, -0.25) is 0 Å². The average molecular weight is 292 g/mol. The van der Waals surface area contributed by atoms with Crippen LogP contribution in [0.1, 0.15) is 24.1 Å². The fraction of sp³-hybridized carbons (Fsp3) is 0.250. The highest BCUT2D eigenvalue weighted by atomic mass is 35.5. The molecule has 2 N–H and O–H groups in total. The van der Waals surface area contributed by atoms with Crippen LogP contribution < -0.4 is 15.2 Å². The number of rotatable bonds is 4. The molecule has 0 saturated carbocycles. The van der Waals surface area contributed by atoms with Crippen molar-refractivity contribution >= 4 is 11.6 Å². The Hall–Kier alpha value is -1.71. The van der Waals surface area contributed by atoms with Gasteiger partial charge in [-0.05, 0) is 49.2 Å². The SMILES string of the molecule is COc1cc(C)ccc1Oc1ccc([C@H](C)N)cc1Cl. The van der Waals surface area contributed by atoms with E-state index in [0.717, 1.165) is 11.1 Å². The van der Waals surface area contributed by atoms with Gasteiger partial charge in [-0.2, -0.15) is 0 Å². The summed E-state index contributed by atoms with van der Waals surface area (Å²) in [7, 11) is 1.61. The molecule has 0 aliphatic heterocycles. The van der Waals surface area contributed by atoms with Crippen molar-refractivity contribution < 1.29 is 9.47 Å². The zero-order valence-electron chi connectivity index (χ0n) is 11.8. The molecule has 0 radical (unpaired) electrons. The second-order valence-electron chi connectivity index (χ2n) is 4.73. The minimum Gasteiger partial charge on any atom is -0.493 e. The fourth-order valence-electron chi connectivity index (χ4n) is 1.86. The Labute approximate surface area is 124 Å². The average Bonchev–Trinajstić information content (AvgIpc) is 2.42. The molecule has 0 aromatic heterocycles. The Balaban J connectivity index is 2.30. The van der Waals surface area contributed by atoms with Crippen LogP contribution in [0.4, 0.5) is 0 Å². The molecule has 0 aliphatic rings. The molecule has 0 aliphatic carbocycles. The smallest absolute Gasteiger partial charge is 0.169 e. The van der Waals surface area contributed by atoms with E-state index in [0.29, 0.717) is 22.3 Å².